The first-order valence-electron chi connectivity index (χ1n) is 11.6. The number of rotatable bonds is 9. The van der Waals surface area contributed by atoms with Crippen LogP contribution in [-0.4, -0.2) is 49.3 Å². The van der Waals surface area contributed by atoms with Gasteiger partial charge in [0.2, 0.25) is 5.75 Å². The number of amides is 1. The number of nitrogens with zero attached hydrogens (tertiary/aromatic N) is 2. The fourth-order valence-corrected chi connectivity index (χ4v) is 5.06. The third-order valence-electron chi connectivity index (χ3n) is 5.49. The summed E-state index contributed by atoms with van der Waals surface area (Å²) in [5.74, 6) is 2.32. The van der Waals surface area contributed by atoms with E-state index in [9.17, 15) is 4.79 Å². The zero-order valence-electron chi connectivity index (χ0n) is 20.1. The lowest BCUT2D eigenvalue weighted by Gasteiger charge is -2.27. The maximum Gasteiger partial charge on any atom is 0.254 e. The Labute approximate surface area is 204 Å². The van der Waals surface area contributed by atoms with Crippen LogP contribution in [0, 0.1) is 0 Å². The molecule has 0 saturated carbocycles. The van der Waals surface area contributed by atoms with E-state index in [4.69, 9.17) is 23.9 Å². The maximum atomic E-state index is 13.5. The molecule has 1 aromatic heterocycles. The summed E-state index contributed by atoms with van der Waals surface area (Å²) in [7, 11) is 1.66. The monoisotopic (exact) mass is 482 g/mol. The molecule has 0 spiro atoms. The number of hydrogen-bond acceptors (Lipinski definition) is 7. The highest BCUT2D eigenvalue weighted by Gasteiger charge is 2.27. The molecule has 0 atom stereocenters. The molecule has 0 aliphatic carbocycles. The number of hydrogen-bond donors (Lipinski definition) is 0. The van der Waals surface area contributed by atoms with Crippen LogP contribution in [0.2, 0.25) is 0 Å². The molecule has 2 heterocycles. The molecular weight excluding hydrogens is 452 g/mol. The number of thiazole rings is 1. The van der Waals surface area contributed by atoms with Crippen LogP contribution < -0.4 is 18.9 Å². The lowest BCUT2D eigenvalue weighted by atomic mass is 10.1. The van der Waals surface area contributed by atoms with Crippen molar-refractivity contribution in [2.45, 2.75) is 33.7 Å². The normalized spacial score (nSPS) is 12.8. The summed E-state index contributed by atoms with van der Waals surface area (Å²) < 4.78 is 22.7. The topological polar surface area (TPSA) is 70.1 Å². The summed E-state index contributed by atoms with van der Waals surface area (Å²) in [6, 6.07) is 11.4. The number of benzene rings is 2. The predicted octanol–water partition coefficient (Wildman–Crippen LogP) is 5.21. The molecule has 2 aromatic carbocycles. The van der Waals surface area contributed by atoms with Gasteiger partial charge in [0, 0.05) is 29.0 Å². The first kappa shape index (κ1) is 23.9. The average molecular weight is 483 g/mol. The van der Waals surface area contributed by atoms with Crippen LogP contribution in [0.25, 0.3) is 10.6 Å². The first-order chi connectivity index (χ1) is 16.6. The molecule has 0 radical (unpaired) electrons. The van der Waals surface area contributed by atoms with Gasteiger partial charge in [0.1, 0.15) is 10.8 Å². The fraction of sp³-hybridized carbons (Fsp3) is 0.385. The zero-order chi connectivity index (χ0) is 24.1. The number of ether oxygens (including phenoxy) is 4. The van der Waals surface area contributed by atoms with Gasteiger partial charge in [-0.15, -0.1) is 11.3 Å². The molecule has 1 aliphatic heterocycles. The van der Waals surface area contributed by atoms with Crippen LogP contribution in [0.5, 0.6) is 23.0 Å². The molecule has 8 heteroatoms. The number of methoxy groups -OCH3 is 1. The minimum Gasteiger partial charge on any atom is -0.497 e. The first-order valence-corrected chi connectivity index (χ1v) is 12.4. The predicted molar refractivity (Wildman–Crippen MR) is 132 cm³/mol. The van der Waals surface area contributed by atoms with Crippen molar-refractivity contribution in [3.63, 3.8) is 0 Å². The van der Waals surface area contributed by atoms with E-state index in [0.717, 1.165) is 33.3 Å². The third-order valence-corrected chi connectivity index (χ3v) is 6.62. The minimum absolute atomic E-state index is 0.0630. The van der Waals surface area contributed by atoms with Gasteiger partial charge >= 0.3 is 0 Å². The Morgan fingerprint density at radius 3 is 2.38 bits per heavy atom. The summed E-state index contributed by atoms with van der Waals surface area (Å²) in [4.78, 5) is 21.3. The molecule has 4 rings (SSSR count). The van der Waals surface area contributed by atoms with E-state index >= 15 is 0 Å². The summed E-state index contributed by atoms with van der Waals surface area (Å²) in [6.45, 7) is 8.24. The number of fused-ring (bicyclic) bond motifs is 1. The Hall–Kier alpha value is -3.26. The molecule has 0 unspecified atom stereocenters. The van der Waals surface area contributed by atoms with Gasteiger partial charge in [0.25, 0.3) is 5.91 Å². The zero-order valence-corrected chi connectivity index (χ0v) is 20.9. The van der Waals surface area contributed by atoms with E-state index in [1.54, 1.807) is 30.6 Å². The molecule has 180 valence electrons. The van der Waals surface area contributed by atoms with Crippen molar-refractivity contribution < 1.29 is 23.7 Å². The maximum absolute atomic E-state index is 13.5. The molecule has 1 amide bonds. The Kier molecular flexibility index (Phi) is 7.57. The van der Waals surface area contributed by atoms with Crippen LogP contribution in [0.4, 0.5) is 0 Å². The van der Waals surface area contributed by atoms with E-state index < -0.39 is 0 Å². The molecule has 0 saturated heterocycles. The van der Waals surface area contributed by atoms with Crippen molar-refractivity contribution in [3.05, 3.63) is 52.5 Å². The lowest BCUT2D eigenvalue weighted by Crippen LogP contribution is -2.35. The number of aromatic nitrogens is 1. The highest BCUT2D eigenvalue weighted by Crippen LogP contribution is 2.40. The van der Waals surface area contributed by atoms with Crippen molar-refractivity contribution in [2.75, 3.05) is 33.5 Å². The van der Waals surface area contributed by atoms with Crippen molar-refractivity contribution in [3.8, 4) is 33.6 Å². The van der Waals surface area contributed by atoms with E-state index in [0.29, 0.717) is 55.7 Å². The van der Waals surface area contributed by atoms with Crippen molar-refractivity contribution in [1.29, 1.82) is 0 Å². The van der Waals surface area contributed by atoms with Gasteiger partial charge < -0.3 is 23.8 Å². The average Bonchev–Trinajstić information content (AvgIpc) is 3.29. The number of carbonyl (C=O) groups is 1. The Morgan fingerprint density at radius 1 is 1.03 bits per heavy atom. The Bertz CT molecular complexity index is 1130. The van der Waals surface area contributed by atoms with E-state index in [-0.39, 0.29) is 5.91 Å². The molecule has 0 bridgehead atoms. The van der Waals surface area contributed by atoms with Gasteiger partial charge in [-0.3, -0.25) is 4.79 Å². The quantitative estimate of drug-likeness (QED) is 0.417. The van der Waals surface area contributed by atoms with Crippen LogP contribution in [-0.2, 0) is 13.0 Å². The summed E-state index contributed by atoms with van der Waals surface area (Å²) in [6.07, 6.45) is 0.717. The molecule has 34 heavy (non-hydrogen) atoms. The molecule has 1 aliphatic rings. The van der Waals surface area contributed by atoms with E-state index in [2.05, 4.69) is 0 Å². The minimum atomic E-state index is -0.0630. The van der Waals surface area contributed by atoms with Crippen LogP contribution >= 0.6 is 11.3 Å². The second-order valence-electron chi connectivity index (χ2n) is 7.70. The van der Waals surface area contributed by atoms with Gasteiger partial charge in [0.15, 0.2) is 11.5 Å². The molecule has 0 N–H and O–H groups in total. The van der Waals surface area contributed by atoms with Crippen molar-refractivity contribution >= 4 is 17.2 Å². The smallest absolute Gasteiger partial charge is 0.254 e. The van der Waals surface area contributed by atoms with Crippen molar-refractivity contribution in [2.24, 2.45) is 0 Å². The second-order valence-corrected chi connectivity index (χ2v) is 8.78. The van der Waals surface area contributed by atoms with Crippen LogP contribution in [0.15, 0.2) is 36.4 Å². The van der Waals surface area contributed by atoms with Gasteiger partial charge in [-0.2, -0.15) is 0 Å². The SMILES string of the molecule is CCOc1cc(C(=O)N2CCc3nc(-c4cccc(OC)c4)sc3C2)cc(OCC)c1OCC. The summed E-state index contributed by atoms with van der Waals surface area (Å²) >= 11 is 1.63. The molecule has 7 nitrogen and oxygen atoms in total. The fourth-order valence-electron chi connectivity index (χ4n) is 3.94. The Morgan fingerprint density at radius 2 is 1.74 bits per heavy atom. The summed E-state index contributed by atoms with van der Waals surface area (Å²) in [5.41, 5.74) is 2.60. The molecule has 3 aromatic rings. The highest BCUT2D eigenvalue weighted by molar-refractivity contribution is 7.15. The standard InChI is InChI=1S/C26H30N2O5S/c1-5-31-21-14-18(15-22(32-6-2)24(21)33-7-3)26(29)28-12-11-20-23(16-28)34-25(27-20)17-9-8-10-19(13-17)30-4/h8-10,13-15H,5-7,11-12,16H2,1-4H3. The largest absolute Gasteiger partial charge is 0.497 e. The van der Waals surface area contributed by atoms with E-state index in [1.807, 2.05) is 49.9 Å². The second kappa shape index (κ2) is 10.8. The van der Waals surface area contributed by atoms with Crippen LogP contribution in [0.1, 0.15) is 41.7 Å². The molecule has 0 fully saturated rings. The van der Waals surface area contributed by atoms with Gasteiger partial charge in [-0.05, 0) is 45.0 Å². The highest BCUT2D eigenvalue weighted by atomic mass is 32.1. The van der Waals surface area contributed by atoms with Crippen molar-refractivity contribution in [1.82, 2.24) is 9.88 Å². The molecular formula is C26H30N2O5S. The Balaban J connectivity index is 1.59. The number of carbonyl (C=O) groups excluding carboxylic acids is 1. The van der Waals surface area contributed by atoms with Crippen LogP contribution in [0.3, 0.4) is 0 Å². The third kappa shape index (κ3) is 4.97. The van der Waals surface area contributed by atoms with E-state index in [1.165, 1.54) is 0 Å². The van der Waals surface area contributed by atoms with Gasteiger partial charge in [-0.1, -0.05) is 12.1 Å². The lowest BCUT2D eigenvalue weighted by molar-refractivity contribution is 0.0735. The van der Waals surface area contributed by atoms with Gasteiger partial charge in [0.05, 0.1) is 39.2 Å². The summed E-state index contributed by atoms with van der Waals surface area (Å²) in [5, 5.41) is 0.941. The van der Waals surface area contributed by atoms with Gasteiger partial charge in [-0.25, -0.2) is 4.98 Å².